The summed E-state index contributed by atoms with van der Waals surface area (Å²) in [7, 11) is 4.01. The SMILES string of the molecule is Cc1cccc(OCC(=O)NC[C@@H](c2ccccc2)N(C)C)c1. The van der Waals surface area contributed by atoms with Gasteiger partial charge in [-0.25, -0.2) is 0 Å². The van der Waals surface area contributed by atoms with Gasteiger partial charge in [-0.3, -0.25) is 4.79 Å². The van der Waals surface area contributed by atoms with E-state index in [9.17, 15) is 4.79 Å². The molecule has 4 heteroatoms. The van der Waals surface area contributed by atoms with Crippen molar-refractivity contribution in [1.82, 2.24) is 10.2 Å². The first-order valence-corrected chi connectivity index (χ1v) is 7.74. The van der Waals surface area contributed by atoms with Crippen molar-refractivity contribution in [1.29, 1.82) is 0 Å². The maximum absolute atomic E-state index is 12.0. The third-order valence-corrected chi connectivity index (χ3v) is 3.66. The summed E-state index contributed by atoms with van der Waals surface area (Å²) in [5, 5.41) is 2.94. The molecule has 1 atom stereocenters. The summed E-state index contributed by atoms with van der Waals surface area (Å²) in [5.74, 6) is 0.599. The number of nitrogens with zero attached hydrogens (tertiary/aromatic N) is 1. The minimum absolute atomic E-state index is 0.0262. The van der Waals surface area contributed by atoms with E-state index in [-0.39, 0.29) is 18.6 Å². The van der Waals surface area contributed by atoms with Crippen molar-refractivity contribution in [3.8, 4) is 5.75 Å². The Balaban J connectivity index is 1.85. The maximum Gasteiger partial charge on any atom is 0.258 e. The standard InChI is InChI=1S/C19H24N2O2/c1-15-8-7-11-17(12-15)23-14-19(22)20-13-18(21(2)3)16-9-5-4-6-10-16/h4-12,18H,13-14H2,1-3H3,(H,20,22)/t18-/m0/s1. The number of carbonyl (C=O) groups is 1. The van der Waals surface area contributed by atoms with Crippen LogP contribution in [0, 0.1) is 6.92 Å². The van der Waals surface area contributed by atoms with Crippen molar-refractivity contribution in [3.05, 3.63) is 65.7 Å². The molecule has 0 aliphatic heterocycles. The van der Waals surface area contributed by atoms with Gasteiger partial charge >= 0.3 is 0 Å². The number of ether oxygens (including phenoxy) is 1. The van der Waals surface area contributed by atoms with Crippen LogP contribution in [-0.2, 0) is 4.79 Å². The summed E-state index contributed by atoms with van der Waals surface area (Å²) < 4.78 is 5.52. The fourth-order valence-corrected chi connectivity index (χ4v) is 2.39. The summed E-state index contributed by atoms with van der Waals surface area (Å²) in [6.45, 7) is 2.57. The average Bonchev–Trinajstić information content (AvgIpc) is 2.54. The molecule has 2 aromatic carbocycles. The van der Waals surface area contributed by atoms with Crippen LogP contribution >= 0.6 is 0 Å². The number of likely N-dealkylation sites (N-methyl/N-ethyl adjacent to an activating group) is 1. The number of hydrogen-bond acceptors (Lipinski definition) is 3. The van der Waals surface area contributed by atoms with Gasteiger partial charge in [-0.05, 0) is 44.3 Å². The van der Waals surface area contributed by atoms with Crippen LogP contribution in [0.1, 0.15) is 17.2 Å². The van der Waals surface area contributed by atoms with Crippen molar-refractivity contribution >= 4 is 5.91 Å². The van der Waals surface area contributed by atoms with Crippen molar-refractivity contribution in [3.63, 3.8) is 0 Å². The van der Waals surface area contributed by atoms with E-state index in [4.69, 9.17) is 4.74 Å². The van der Waals surface area contributed by atoms with E-state index in [1.165, 1.54) is 5.56 Å². The highest BCUT2D eigenvalue weighted by Gasteiger charge is 2.15. The van der Waals surface area contributed by atoms with Crippen LogP contribution in [0.5, 0.6) is 5.75 Å². The Morgan fingerprint density at radius 3 is 2.52 bits per heavy atom. The van der Waals surface area contributed by atoms with Gasteiger partial charge in [-0.2, -0.15) is 0 Å². The topological polar surface area (TPSA) is 41.6 Å². The predicted molar refractivity (Wildman–Crippen MR) is 92.6 cm³/mol. The monoisotopic (exact) mass is 312 g/mol. The molecular weight excluding hydrogens is 288 g/mol. The quantitative estimate of drug-likeness (QED) is 0.855. The van der Waals surface area contributed by atoms with Crippen LogP contribution in [0.4, 0.5) is 0 Å². The van der Waals surface area contributed by atoms with E-state index in [1.54, 1.807) is 0 Å². The van der Waals surface area contributed by atoms with E-state index in [0.717, 1.165) is 5.56 Å². The molecule has 2 aromatic rings. The molecule has 0 aliphatic rings. The van der Waals surface area contributed by atoms with Crippen LogP contribution < -0.4 is 10.1 Å². The number of rotatable bonds is 7. The van der Waals surface area contributed by atoms with Crippen molar-refractivity contribution in [2.24, 2.45) is 0 Å². The Morgan fingerprint density at radius 1 is 1.13 bits per heavy atom. The van der Waals surface area contributed by atoms with Crippen LogP contribution in [0.15, 0.2) is 54.6 Å². The number of nitrogens with one attached hydrogen (secondary N) is 1. The fraction of sp³-hybridized carbons (Fsp3) is 0.316. The Bertz CT molecular complexity index is 626. The Morgan fingerprint density at radius 2 is 1.87 bits per heavy atom. The molecule has 0 heterocycles. The number of benzene rings is 2. The second-order valence-electron chi connectivity index (χ2n) is 5.80. The predicted octanol–water partition coefficient (Wildman–Crippen LogP) is 2.79. The van der Waals surface area contributed by atoms with Gasteiger partial charge in [0.25, 0.3) is 5.91 Å². The largest absolute Gasteiger partial charge is 0.484 e. The lowest BCUT2D eigenvalue weighted by molar-refractivity contribution is -0.123. The Kier molecular flexibility index (Phi) is 6.18. The molecule has 2 rings (SSSR count). The van der Waals surface area contributed by atoms with Gasteiger partial charge in [0.2, 0.25) is 0 Å². The fourth-order valence-electron chi connectivity index (χ4n) is 2.39. The highest BCUT2D eigenvalue weighted by Crippen LogP contribution is 2.16. The molecule has 0 spiro atoms. The molecule has 4 nitrogen and oxygen atoms in total. The first kappa shape index (κ1) is 17.0. The zero-order chi connectivity index (χ0) is 16.7. The summed E-state index contributed by atoms with van der Waals surface area (Å²) >= 11 is 0. The number of aryl methyl sites for hydroxylation is 1. The first-order chi connectivity index (χ1) is 11.1. The molecule has 0 fully saturated rings. The molecule has 1 N–H and O–H groups in total. The lowest BCUT2D eigenvalue weighted by Crippen LogP contribution is -2.36. The minimum atomic E-state index is -0.116. The minimum Gasteiger partial charge on any atom is -0.484 e. The van der Waals surface area contributed by atoms with E-state index >= 15 is 0 Å². The summed E-state index contributed by atoms with van der Waals surface area (Å²) in [6.07, 6.45) is 0. The first-order valence-electron chi connectivity index (χ1n) is 7.74. The smallest absolute Gasteiger partial charge is 0.258 e. The molecule has 0 aromatic heterocycles. The summed E-state index contributed by atoms with van der Waals surface area (Å²) in [4.78, 5) is 14.1. The molecular formula is C19H24N2O2. The molecule has 23 heavy (non-hydrogen) atoms. The molecule has 0 aliphatic carbocycles. The van der Waals surface area contributed by atoms with Gasteiger partial charge in [0, 0.05) is 6.54 Å². The van der Waals surface area contributed by atoms with Crippen molar-refractivity contribution < 1.29 is 9.53 Å². The molecule has 0 saturated heterocycles. The normalized spacial score (nSPS) is 12.0. The van der Waals surface area contributed by atoms with Gasteiger partial charge in [-0.1, -0.05) is 42.5 Å². The highest BCUT2D eigenvalue weighted by molar-refractivity contribution is 5.77. The number of hydrogen-bond donors (Lipinski definition) is 1. The Hall–Kier alpha value is -2.33. The second-order valence-corrected chi connectivity index (χ2v) is 5.80. The average molecular weight is 312 g/mol. The molecule has 0 bridgehead atoms. The van der Waals surface area contributed by atoms with Crippen molar-refractivity contribution in [2.75, 3.05) is 27.2 Å². The van der Waals surface area contributed by atoms with Gasteiger partial charge in [-0.15, -0.1) is 0 Å². The zero-order valence-electron chi connectivity index (χ0n) is 14.0. The molecule has 122 valence electrons. The summed E-state index contributed by atoms with van der Waals surface area (Å²) in [5.41, 5.74) is 2.29. The maximum atomic E-state index is 12.0. The van der Waals surface area contributed by atoms with E-state index in [2.05, 4.69) is 22.3 Å². The molecule has 0 unspecified atom stereocenters. The van der Waals surface area contributed by atoms with Gasteiger partial charge in [0.05, 0.1) is 6.04 Å². The molecule has 0 saturated carbocycles. The van der Waals surface area contributed by atoms with E-state index in [1.807, 2.05) is 63.5 Å². The lowest BCUT2D eigenvalue weighted by Gasteiger charge is -2.25. The highest BCUT2D eigenvalue weighted by atomic mass is 16.5. The van der Waals surface area contributed by atoms with Crippen LogP contribution in [-0.4, -0.2) is 38.1 Å². The third-order valence-electron chi connectivity index (χ3n) is 3.66. The molecule has 1 amide bonds. The second kappa shape index (κ2) is 8.34. The van der Waals surface area contributed by atoms with E-state index < -0.39 is 0 Å². The van der Waals surface area contributed by atoms with Crippen LogP contribution in [0.25, 0.3) is 0 Å². The van der Waals surface area contributed by atoms with E-state index in [0.29, 0.717) is 12.3 Å². The van der Waals surface area contributed by atoms with Gasteiger partial charge < -0.3 is 15.0 Å². The summed E-state index contributed by atoms with van der Waals surface area (Å²) in [6, 6.07) is 18.0. The third kappa shape index (κ3) is 5.42. The number of amides is 1. The Labute approximate surface area is 138 Å². The number of carbonyl (C=O) groups excluding carboxylic acids is 1. The lowest BCUT2D eigenvalue weighted by atomic mass is 10.1. The molecule has 0 radical (unpaired) electrons. The zero-order valence-corrected chi connectivity index (χ0v) is 14.0. The van der Waals surface area contributed by atoms with Crippen LogP contribution in [0.3, 0.4) is 0 Å². The van der Waals surface area contributed by atoms with Crippen molar-refractivity contribution in [2.45, 2.75) is 13.0 Å². The van der Waals surface area contributed by atoms with Crippen LogP contribution in [0.2, 0.25) is 0 Å². The van der Waals surface area contributed by atoms with Gasteiger partial charge in [0.15, 0.2) is 6.61 Å². The van der Waals surface area contributed by atoms with Gasteiger partial charge in [0.1, 0.15) is 5.75 Å².